The van der Waals surface area contributed by atoms with Crippen LogP contribution in [0.3, 0.4) is 0 Å². The maximum Gasteiger partial charge on any atom is 0.103 e. The molecular formula is C15H19N3O. The van der Waals surface area contributed by atoms with Crippen molar-refractivity contribution in [3.8, 4) is 11.3 Å². The Balaban J connectivity index is 1.75. The summed E-state index contributed by atoms with van der Waals surface area (Å²) in [5.41, 5.74) is 3.62. The molecule has 0 bridgehead atoms. The van der Waals surface area contributed by atoms with Gasteiger partial charge in [-0.15, -0.1) is 0 Å². The first-order valence-electron chi connectivity index (χ1n) is 6.72. The van der Waals surface area contributed by atoms with Gasteiger partial charge < -0.3 is 9.72 Å². The van der Waals surface area contributed by atoms with E-state index in [4.69, 9.17) is 4.74 Å². The van der Waals surface area contributed by atoms with Crippen molar-refractivity contribution in [2.24, 2.45) is 0 Å². The van der Waals surface area contributed by atoms with Gasteiger partial charge in [0.05, 0.1) is 25.1 Å². The van der Waals surface area contributed by atoms with Gasteiger partial charge in [-0.05, 0) is 24.1 Å². The minimum atomic E-state index is 0.847. The van der Waals surface area contributed by atoms with Crippen LogP contribution in [-0.4, -0.2) is 41.2 Å². The minimum absolute atomic E-state index is 0.847. The number of aryl methyl sites for hydroxylation is 1. The van der Waals surface area contributed by atoms with Gasteiger partial charge in [0.25, 0.3) is 0 Å². The van der Waals surface area contributed by atoms with Gasteiger partial charge in [0.2, 0.25) is 0 Å². The standard InChI is InChI=1S/C15H19N3O/c1-12-16-10-15(17-12)14-4-2-3-13(9-14)11-18-5-7-19-8-6-18/h2-4,9-10H,5-8,11H2,1H3,(H,16,17). The van der Waals surface area contributed by atoms with Crippen LogP contribution in [0.1, 0.15) is 11.4 Å². The third kappa shape index (κ3) is 3.03. The van der Waals surface area contributed by atoms with E-state index in [0.717, 1.165) is 44.4 Å². The molecule has 19 heavy (non-hydrogen) atoms. The molecule has 1 aromatic heterocycles. The van der Waals surface area contributed by atoms with Crippen LogP contribution in [-0.2, 0) is 11.3 Å². The van der Waals surface area contributed by atoms with E-state index in [-0.39, 0.29) is 0 Å². The normalized spacial score (nSPS) is 16.7. The second kappa shape index (κ2) is 5.55. The molecule has 0 atom stereocenters. The van der Waals surface area contributed by atoms with Crippen molar-refractivity contribution in [1.29, 1.82) is 0 Å². The average molecular weight is 257 g/mol. The molecular weight excluding hydrogens is 238 g/mol. The number of imidazole rings is 1. The van der Waals surface area contributed by atoms with Crippen molar-refractivity contribution in [2.45, 2.75) is 13.5 Å². The smallest absolute Gasteiger partial charge is 0.103 e. The van der Waals surface area contributed by atoms with E-state index < -0.39 is 0 Å². The average Bonchev–Trinajstić information content (AvgIpc) is 2.87. The van der Waals surface area contributed by atoms with Crippen LogP contribution in [0.25, 0.3) is 11.3 Å². The lowest BCUT2D eigenvalue weighted by atomic mass is 10.1. The van der Waals surface area contributed by atoms with E-state index in [1.807, 2.05) is 13.1 Å². The quantitative estimate of drug-likeness (QED) is 0.916. The minimum Gasteiger partial charge on any atom is -0.379 e. The van der Waals surface area contributed by atoms with Gasteiger partial charge in [-0.3, -0.25) is 4.90 Å². The molecule has 0 amide bonds. The zero-order chi connectivity index (χ0) is 13.1. The summed E-state index contributed by atoms with van der Waals surface area (Å²) < 4.78 is 5.38. The summed E-state index contributed by atoms with van der Waals surface area (Å²) in [6.45, 7) is 6.70. The molecule has 0 spiro atoms. The van der Waals surface area contributed by atoms with E-state index in [9.17, 15) is 0 Å². The molecule has 1 fully saturated rings. The van der Waals surface area contributed by atoms with Crippen LogP contribution < -0.4 is 0 Å². The molecule has 1 N–H and O–H groups in total. The highest BCUT2D eigenvalue weighted by Crippen LogP contribution is 2.19. The molecule has 2 heterocycles. The number of morpholine rings is 1. The second-order valence-corrected chi connectivity index (χ2v) is 4.97. The highest BCUT2D eigenvalue weighted by atomic mass is 16.5. The van der Waals surface area contributed by atoms with Gasteiger partial charge in [-0.1, -0.05) is 18.2 Å². The Morgan fingerprint density at radius 2 is 2.16 bits per heavy atom. The number of nitrogens with zero attached hydrogens (tertiary/aromatic N) is 2. The van der Waals surface area contributed by atoms with Gasteiger partial charge >= 0.3 is 0 Å². The Labute approximate surface area is 113 Å². The van der Waals surface area contributed by atoms with Gasteiger partial charge in [0.15, 0.2) is 0 Å². The van der Waals surface area contributed by atoms with E-state index >= 15 is 0 Å². The molecule has 3 rings (SSSR count). The number of aromatic amines is 1. The number of nitrogens with one attached hydrogen (secondary N) is 1. The highest BCUT2D eigenvalue weighted by Gasteiger charge is 2.11. The highest BCUT2D eigenvalue weighted by molar-refractivity contribution is 5.59. The number of hydrogen-bond acceptors (Lipinski definition) is 3. The number of ether oxygens (including phenoxy) is 1. The van der Waals surface area contributed by atoms with E-state index in [1.165, 1.54) is 11.1 Å². The van der Waals surface area contributed by atoms with Crippen LogP contribution in [0.2, 0.25) is 0 Å². The Hall–Kier alpha value is -1.65. The summed E-state index contributed by atoms with van der Waals surface area (Å²) in [5, 5.41) is 0. The molecule has 4 heteroatoms. The summed E-state index contributed by atoms with van der Waals surface area (Å²) in [4.78, 5) is 9.97. The zero-order valence-electron chi connectivity index (χ0n) is 11.2. The third-order valence-corrected chi connectivity index (χ3v) is 3.45. The Bertz CT molecular complexity index is 544. The second-order valence-electron chi connectivity index (χ2n) is 4.97. The fourth-order valence-electron chi connectivity index (χ4n) is 2.42. The Kier molecular flexibility index (Phi) is 3.62. The summed E-state index contributed by atoms with van der Waals surface area (Å²) in [5.74, 6) is 0.952. The third-order valence-electron chi connectivity index (χ3n) is 3.45. The van der Waals surface area contributed by atoms with E-state index in [1.54, 1.807) is 0 Å². The Morgan fingerprint density at radius 3 is 2.89 bits per heavy atom. The monoisotopic (exact) mass is 257 g/mol. The number of H-pyrrole nitrogens is 1. The van der Waals surface area contributed by atoms with Gasteiger partial charge in [-0.25, -0.2) is 4.98 Å². The molecule has 1 saturated heterocycles. The van der Waals surface area contributed by atoms with Gasteiger partial charge in [-0.2, -0.15) is 0 Å². The summed E-state index contributed by atoms with van der Waals surface area (Å²) in [6, 6.07) is 8.65. The number of hydrogen-bond donors (Lipinski definition) is 1. The van der Waals surface area contributed by atoms with Crippen molar-refractivity contribution in [1.82, 2.24) is 14.9 Å². The summed E-state index contributed by atoms with van der Waals surface area (Å²) in [7, 11) is 0. The number of rotatable bonds is 3. The molecule has 0 radical (unpaired) electrons. The fourth-order valence-corrected chi connectivity index (χ4v) is 2.42. The largest absolute Gasteiger partial charge is 0.379 e. The topological polar surface area (TPSA) is 41.2 Å². The van der Waals surface area contributed by atoms with Crippen LogP contribution in [0.5, 0.6) is 0 Å². The molecule has 100 valence electrons. The first-order valence-corrected chi connectivity index (χ1v) is 6.72. The number of benzene rings is 1. The number of aromatic nitrogens is 2. The van der Waals surface area contributed by atoms with Crippen molar-refractivity contribution < 1.29 is 4.74 Å². The first-order chi connectivity index (χ1) is 9.31. The molecule has 1 aliphatic heterocycles. The predicted molar refractivity (Wildman–Crippen MR) is 74.9 cm³/mol. The summed E-state index contributed by atoms with van der Waals surface area (Å²) >= 11 is 0. The molecule has 0 unspecified atom stereocenters. The van der Waals surface area contributed by atoms with Gasteiger partial charge in [0, 0.05) is 19.6 Å². The predicted octanol–water partition coefficient (Wildman–Crippen LogP) is 2.22. The van der Waals surface area contributed by atoms with Crippen LogP contribution in [0.4, 0.5) is 0 Å². The molecule has 0 saturated carbocycles. The first kappa shape index (κ1) is 12.4. The summed E-state index contributed by atoms with van der Waals surface area (Å²) in [6.07, 6.45) is 1.89. The van der Waals surface area contributed by atoms with Gasteiger partial charge in [0.1, 0.15) is 5.82 Å². The molecule has 1 aromatic carbocycles. The maximum absolute atomic E-state index is 5.38. The van der Waals surface area contributed by atoms with E-state index in [2.05, 4.69) is 39.1 Å². The van der Waals surface area contributed by atoms with E-state index in [0.29, 0.717) is 0 Å². The van der Waals surface area contributed by atoms with Crippen LogP contribution >= 0.6 is 0 Å². The SMILES string of the molecule is Cc1ncc(-c2cccc(CN3CCOCC3)c2)[nH]1. The molecule has 0 aliphatic carbocycles. The molecule has 1 aliphatic rings. The fraction of sp³-hybridized carbons (Fsp3) is 0.400. The maximum atomic E-state index is 5.38. The van der Waals surface area contributed by atoms with Crippen molar-refractivity contribution in [3.05, 3.63) is 41.9 Å². The van der Waals surface area contributed by atoms with Crippen molar-refractivity contribution in [3.63, 3.8) is 0 Å². The van der Waals surface area contributed by atoms with Crippen LogP contribution in [0, 0.1) is 6.92 Å². The molecule has 2 aromatic rings. The van der Waals surface area contributed by atoms with Crippen molar-refractivity contribution in [2.75, 3.05) is 26.3 Å². The lowest BCUT2D eigenvalue weighted by molar-refractivity contribution is 0.0342. The van der Waals surface area contributed by atoms with Crippen molar-refractivity contribution >= 4 is 0 Å². The Morgan fingerprint density at radius 1 is 1.32 bits per heavy atom. The lowest BCUT2D eigenvalue weighted by Gasteiger charge is -2.26. The molecule has 4 nitrogen and oxygen atoms in total. The lowest BCUT2D eigenvalue weighted by Crippen LogP contribution is -2.35. The zero-order valence-corrected chi connectivity index (χ0v) is 11.2. The van der Waals surface area contributed by atoms with Crippen LogP contribution in [0.15, 0.2) is 30.5 Å².